The zero-order chi connectivity index (χ0) is 17.6. The lowest BCUT2D eigenvalue weighted by atomic mass is 10.1. The molecule has 25 heavy (non-hydrogen) atoms. The summed E-state index contributed by atoms with van der Waals surface area (Å²) in [5.74, 6) is 0.575. The van der Waals surface area contributed by atoms with Crippen molar-refractivity contribution in [2.75, 3.05) is 25.5 Å². The molecule has 0 radical (unpaired) electrons. The average molecular weight is 403 g/mol. The van der Waals surface area contributed by atoms with Gasteiger partial charge in [0.1, 0.15) is 5.75 Å². The molecule has 1 saturated heterocycles. The number of nitrogens with one attached hydrogen (secondary N) is 1. The minimum Gasteiger partial charge on any atom is -0.496 e. The third-order valence-electron chi connectivity index (χ3n) is 4.48. The first-order chi connectivity index (χ1) is 12.2. The first-order valence-corrected chi connectivity index (χ1v) is 9.41. The lowest BCUT2D eigenvalue weighted by molar-refractivity contribution is 0.102. The van der Waals surface area contributed by atoms with Gasteiger partial charge in [-0.05, 0) is 77.8 Å². The SMILES string of the molecule is COc1ccc(C(=O)Nc2ccc(CN3CCCCC3)cc2)cc1Br. The Morgan fingerprint density at radius 1 is 1.12 bits per heavy atom. The summed E-state index contributed by atoms with van der Waals surface area (Å²) in [5.41, 5.74) is 2.68. The van der Waals surface area contributed by atoms with Crippen LogP contribution in [0.1, 0.15) is 35.2 Å². The molecule has 0 aliphatic carbocycles. The number of amides is 1. The fourth-order valence-corrected chi connectivity index (χ4v) is 3.62. The molecule has 1 amide bonds. The fraction of sp³-hybridized carbons (Fsp3) is 0.350. The van der Waals surface area contributed by atoms with Gasteiger partial charge >= 0.3 is 0 Å². The number of piperidine rings is 1. The highest BCUT2D eigenvalue weighted by molar-refractivity contribution is 9.10. The van der Waals surface area contributed by atoms with Crippen molar-refractivity contribution >= 4 is 27.5 Å². The van der Waals surface area contributed by atoms with E-state index in [2.05, 4.69) is 38.3 Å². The van der Waals surface area contributed by atoms with Crippen molar-refractivity contribution in [3.05, 3.63) is 58.1 Å². The van der Waals surface area contributed by atoms with Gasteiger partial charge in [-0.1, -0.05) is 18.6 Å². The Morgan fingerprint density at radius 2 is 1.84 bits per heavy atom. The highest BCUT2D eigenvalue weighted by Crippen LogP contribution is 2.26. The Bertz CT molecular complexity index is 725. The molecule has 1 aliphatic heterocycles. The van der Waals surface area contributed by atoms with Gasteiger partial charge in [-0.2, -0.15) is 0 Å². The average Bonchev–Trinajstić information content (AvgIpc) is 2.64. The van der Waals surface area contributed by atoms with Crippen LogP contribution in [0.5, 0.6) is 5.75 Å². The van der Waals surface area contributed by atoms with Gasteiger partial charge in [-0.25, -0.2) is 0 Å². The zero-order valence-corrected chi connectivity index (χ0v) is 16.0. The lowest BCUT2D eigenvalue weighted by Gasteiger charge is -2.26. The van der Waals surface area contributed by atoms with Gasteiger partial charge in [0, 0.05) is 17.8 Å². The molecular formula is C20H23BrN2O2. The van der Waals surface area contributed by atoms with Gasteiger partial charge in [0.15, 0.2) is 0 Å². The second-order valence-electron chi connectivity index (χ2n) is 6.34. The Kier molecular flexibility index (Phi) is 6.10. The van der Waals surface area contributed by atoms with Crippen LogP contribution in [0.25, 0.3) is 0 Å². The number of likely N-dealkylation sites (tertiary alicyclic amines) is 1. The largest absolute Gasteiger partial charge is 0.496 e. The van der Waals surface area contributed by atoms with Crippen LogP contribution >= 0.6 is 15.9 Å². The number of rotatable bonds is 5. The van der Waals surface area contributed by atoms with Crippen LogP contribution in [0.3, 0.4) is 0 Å². The number of benzene rings is 2. The van der Waals surface area contributed by atoms with Crippen molar-refractivity contribution < 1.29 is 9.53 Å². The van der Waals surface area contributed by atoms with Gasteiger partial charge in [0.2, 0.25) is 0 Å². The molecule has 1 aliphatic rings. The number of nitrogens with zero attached hydrogens (tertiary/aromatic N) is 1. The topological polar surface area (TPSA) is 41.6 Å². The molecule has 0 saturated carbocycles. The van der Waals surface area contributed by atoms with E-state index in [1.807, 2.05) is 12.1 Å². The van der Waals surface area contributed by atoms with Crippen LogP contribution in [0.15, 0.2) is 46.9 Å². The van der Waals surface area contributed by atoms with Crippen LogP contribution in [0, 0.1) is 0 Å². The summed E-state index contributed by atoms with van der Waals surface area (Å²) in [6, 6.07) is 13.4. The summed E-state index contributed by atoms with van der Waals surface area (Å²) in [4.78, 5) is 14.9. The summed E-state index contributed by atoms with van der Waals surface area (Å²) >= 11 is 3.41. The van der Waals surface area contributed by atoms with Crippen molar-refractivity contribution in [1.82, 2.24) is 4.90 Å². The van der Waals surface area contributed by atoms with Crippen LogP contribution in [-0.2, 0) is 6.54 Å². The molecule has 5 heteroatoms. The molecule has 0 spiro atoms. The molecule has 4 nitrogen and oxygen atoms in total. The smallest absolute Gasteiger partial charge is 0.255 e. The van der Waals surface area contributed by atoms with Gasteiger partial charge < -0.3 is 10.1 Å². The maximum absolute atomic E-state index is 12.4. The standard InChI is InChI=1S/C20H23BrN2O2/c1-25-19-10-7-16(13-18(19)21)20(24)22-17-8-5-15(6-9-17)14-23-11-3-2-4-12-23/h5-10,13H,2-4,11-12,14H2,1H3,(H,22,24). The number of hydrogen-bond donors (Lipinski definition) is 1. The van der Waals surface area contributed by atoms with E-state index >= 15 is 0 Å². The second-order valence-corrected chi connectivity index (χ2v) is 7.19. The molecule has 0 bridgehead atoms. The van der Waals surface area contributed by atoms with E-state index in [1.165, 1.54) is 37.9 Å². The Hall–Kier alpha value is -1.85. The third-order valence-corrected chi connectivity index (χ3v) is 5.10. The molecule has 1 heterocycles. The third kappa shape index (κ3) is 4.83. The van der Waals surface area contributed by atoms with E-state index in [0.29, 0.717) is 11.3 Å². The van der Waals surface area contributed by atoms with Crippen LogP contribution in [0.2, 0.25) is 0 Å². The van der Waals surface area contributed by atoms with Gasteiger partial charge in [-0.3, -0.25) is 9.69 Å². The summed E-state index contributed by atoms with van der Waals surface area (Å²) < 4.78 is 5.95. The van der Waals surface area contributed by atoms with Crippen molar-refractivity contribution in [3.63, 3.8) is 0 Å². The summed E-state index contributed by atoms with van der Waals surface area (Å²) in [6.07, 6.45) is 3.94. The quantitative estimate of drug-likeness (QED) is 0.787. The van der Waals surface area contributed by atoms with E-state index < -0.39 is 0 Å². The molecule has 1 N–H and O–H groups in total. The summed E-state index contributed by atoms with van der Waals surface area (Å²) in [5, 5.41) is 2.94. The Balaban J connectivity index is 1.60. The highest BCUT2D eigenvalue weighted by atomic mass is 79.9. The van der Waals surface area contributed by atoms with E-state index in [4.69, 9.17) is 4.74 Å². The molecule has 1 fully saturated rings. The maximum Gasteiger partial charge on any atom is 0.255 e. The lowest BCUT2D eigenvalue weighted by Crippen LogP contribution is -2.29. The molecule has 0 aromatic heterocycles. The molecule has 3 rings (SSSR count). The summed E-state index contributed by atoms with van der Waals surface area (Å²) in [7, 11) is 1.60. The van der Waals surface area contributed by atoms with Crippen LogP contribution in [-0.4, -0.2) is 31.0 Å². The van der Waals surface area contributed by atoms with Crippen molar-refractivity contribution in [3.8, 4) is 5.75 Å². The predicted octanol–water partition coefficient (Wildman–Crippen LogP) is 4.70. The number of carbonyl (C=O) groups is 1. The Morgan fingerprint density at radius 3 is 2.48 bits per heavy atom. The first-order valence-electron chi connectivity index (χ1n) is 8.62. The van der Waals surface area contributed by atoms with Crippen molar-refractivity contribution in [1.29, 1.82) is 0 Å². The summed E-state index contributed by atoms with van der Waals surface area (Å²) in [6.45, 7) is 3.36. The minimum absolute atomic E-state index is 0.132. The molecule has 132 valence electrons. The van der Waals surface area contributed by atoms with Gasteiger partial charge in [0.25, 0.3) is 5.91 Å². The van der Waals surface area contributed by atoms with Gasteiger partial charge in [0.05, 0.1) is 11.6 Å². The molecule has 2 aromatic carbocycles. The predicted molar refractivity (Wildman–Crippen MR) is 104 cm³/mol. The van der Waals surface area contributed by atoms with Crippen molar-refractivity contribution in [2.24, 2.45) is 0 Å². The van der Waals surface area contributed by atoms with Crippen molar-refractivity contribution in [2.45, 2.75) is 25.8 Å². The monoisotopic (exact) mass is 402 g/mol. The highest BCUT2D eigenvalue weighted by Gasteiger charge is 2.11. The number of halogens is 1. The van der Waals surface area contributed by atoms with Gasteiger partial charge in [-0.15, -0.1) is 0 Å². The van der Waals surface area contributed by atoms with Crippen LogP contribution in [0.4, 0.5) is 5.69 Å². The number of ether oxygens (including phenoxy) is 1. The fourth-order valence-electron chi connectivity index (χ4n) is 3.08. The molecular weight excluding hydrogens is 380 g/mol. The first kappa shape index (κ1) is 18.0. The minimum atomic E-state index is -0.132. The number of methoxy groups -OCH3 is 1. The number of anilines is 1. The van der Waals surface area contributed by atoms with Crippen LogP contribution < -0.4 is 10.1 Å². The number of carbonyl (C=O) groups excluding carboxylic acids is 1. The zero-order valence-electron chi connectivity index (χ0n) is 14.4. The van der Waals surface area contributed by atoms with E-state index in [1.54, 1.807) is 25.3 Å². The molecule has 0 unspecified atom stereocenters. The van der Waals surface area contributed by atoms with E-state index in [-0.39, 0.29) is 5.91 Å². The molecule has 2 aromatic rings. The Labute approximate surface area is 157 Å². The van der Waals surface area contributed by atoms with E-state index in [0.717, 1.165) is 16.7 Å². The number of hydrogen-bond acceptors (Lipinski definition) is 3. The normalized spacial score (nSPS) is 15.0. The molecule has 0 atom stereocenters. The second kappa shape index (κ2) is 8.50. The maximum atomic E-state index is 12.4. The van der Waals surface area contributed by atoms with E-state index in [9.17, 15) is 4.79 Å².